The Bertz CT molecular complexity index is 1210. The lowest BCUT2D eigenvalue weighted by Gasteiger charge is -2.26. The number of phenols is 1. The standard InChI is InChI=1S/C26H29BrN2O6/c1-14-10-16-11-15(6-7-19(16)35-14)23(30)21-22(17-12-18(27)24(31)20(13-17)34-4)29(26(33)25(21)32)9-5-8-28(2)3/h6-7,11-14,22,30-31H,5,8-10H2,1-4H3/b23-21+/t14-,22-/m0/s1. The lowest BCUT2D eigenvalue weighted by atomic mass is 9.94. The summed E-state index contributed by atoms with van der Waals surface area (Å²) in [5, 5.41) is 21.7. The summed E-state index contributed by atoms with van der Waals surface area (Å²) < 4.78 is 11.4. The van der Waals surface area contributed by atoms with E-state index in [0.717, 1.165) is 17.9 Å². The van der Waals surface area contributed by atoms with Crippen LogP contribution in [0.4, 0.5) is 0 Å². The van der Waals surface area contributed by atoms with E-state index in [1.54, 1.807) is 30.3 Å². The van der Waals surface area contributed by atoms with Crippen LogP contribution in [0.25, 0.3) is 5.76 Å². The number of phenolic OH excluding ortho intramolecular Hbond substituents is 1. The summed E-state index contributed by atoms with van der Waals surface area (Å²) in [6.07, 6.45) is 1.37. The Morgan fingerprint density at radius 1 is 1.26 bits per heavy atom. The molecule has 0 aromatic heterocycles. The summed E-state index contributed by atoms with van der Waals surface area (Å²) in [7, 11) is 5.30. The number of carbonyl (C=O) groups is 2. The molecule has 2 aliphatic heterocycles. The van der Waals surface area contributed by atoms with Gasteiger partial charge in [-0.1, -0.05) is 0 Å². The molecular formula is C26H29BrN2O6. The first-order chi connectivity index (χ1) is 16.6. The molecule has 2 N–H and O–H groups in total. The van der Waals surface area contributed by atoms with Gasteiger partial charge in [0.05, 0.1) is 23.2 Å². The fraction of sp³-hybridized carbons (Fsp3) is 0.385. The smallest absolute Gasteiger partial charge is 0.295 e. The molecule has 0 unspecified atom stereocenters. The predicted molar refractivity (Wildman–Crippen MR) is 135 cm³/mol. The van der Waals surface area contributed by atoms with Gasteiger partial charge in [0.1, 0.15) is 17.6 Å². The van der Waals surface area contributed by atoms with Crippen molar-refractivity contribution in [2.75, 3.05) is 34.3 Å². The van der Waals surface area contributed by atoms with Crippen LogP contribution < -0.4 is 9.47 Å². The van der Waals surface area contributed by atoms with Gasteiger partial charge in [-0.25, -0.2) is 0 Å². The molecule has 35 heavy (non-hydrogen) atoms. The van der Waals surface area contributed by atoms with E-state index in [1.807, 2.05) is 25.9 Å². The van der Waals surface area contributed by atoms with Crippen molar-refractivity contribution < 1.29 is 29.3 Å². The Balaban J connectivity index is 1.84. The fourth-order valence-electron chi connectivity index (χ4n) is 4.65. The largest absolute Gasteiger partial charge is 0.507 e. The third-order valence-corrected chi connectivity index (χ3v) is 6.90. The zero-order valence-electron chi connectivity index (χ0n) is 20.2. The van der Waals surface area contributed by atoms with Crippen LogP contribution >= 0.6 is 15.9 Å². The lowest BCUT2D eigenvalue weighted by Crippen LogP contribution is -2.32. The highest BCUT2D eigenvalue weighted by atomic mass is 79.9. The normalized spacial score (nSPS) is 20.9. The number of likely N-dealkylation sites (tertiary alicyclic amines) is 1. The van der Waals surface area contributed by atoms with Gasteiger partial charge in [-0.2, -0.15) is 0 Å². The highest BCUT2D eigenvalue weighted by Crippen LogP contribution is 2.44. The molecule has 2 aromatic carbocycles. The first-order valence-electron chi connectivity index (χ1n) is 11.4. The number of methoxy groups -OCH3 is 1. The van der Waals surface area contributed by atoms with Crippen LogP contribution in [-0.2, 0) is 16.0 Å². The number of hydrogen-bond acceptors (Lipinski definition) is 7. The van der Waals surface area contributed by atoms with Crippen LogP contribution in [0, 0.1) is 0 Å². The maximum atomic E-state index is 13.3. The van der Waals surface area contributed by atoms with Gasteiger partial charge in [-0.3, -0.25) is 9.59 Å². The minimum atomic E-state index is -0.841. The van der Waals surface area contributed by atoms with E-state index in [0.29, 0.717) is 35.0 Å². The number of Topliss-reactive ketones (excluding diaryl/α,β-unsaturated/α-hetero) is 1. The van der Waals surface area contributed by atoms with Crippen LogP contribution in [0.1, 0.15) is 36.1 Å². The monoisotopic (exact) mass is 544 g/mol. The van der Waals surface area contributed by atoms with Crippen molar-refractivity contribution in [1.82, 2.24) is 9.80 Å². The quantitative estimate of drug-likeness (QED) is 0.310. The van der Waals surface area contributed by atoms with E-state index in [1.165, 1.54) is 12.0 Å². The van der Waals surface area contributed by atoms with E-state index in [-0.39, 0.29) is 28.9 Å². The number of rotatable bonds is 7. The molecular weight excluding hydrogens is 516 g/mol. The molecule has 2 heterocycles. The molecule has 2 atom stereocenters. The molecule has 2 aromatic rings. The van der Waals surface area contributed by atoms with Crippen molar-refractivity contribution in [1.29, 1.82) is 0 Å². The first kappa shape index (κ1) is 25.1. The molecule has 0 spiro atoms. The van der Waals surface area contributed by atoms with E-state index < -0.39 is 17.7 Å². The molecule has 4 rings (SSSR count). The van der Waals surface area contributed by atoms with E-state index >= 15 is 0 Å². The third kappa shape index (κ3) is 4.75. The molecule has 186 valence electrons. The second-order valence-electron chi connectivity index (χ2n) is 9.16. The molecule has 8 nitrogen and oxygen atoms in total. The number of aliphatic hydroxyl groups is 1. The summed E-state index contributed by atoms with van der Waals surface area (Å²) >= 11 is 3.33. The summed E-state index contributed by atoms with van der Waals surface area (Å²) in [4.78, 5) is 29.9. The van der Waals surface area contributed by atoms with Gasteiger partial charge in [-0.15, -0.1) is 0 Å². The highest BCUT2D eigenvalue weighted by Gasteiger charge is 2.46. The first-order valence-corrected chi connectivity index (χ1v) is 12.2. The van der Waals surface area contributed by atoms with Crippen molar-refractivity contribution in [3.05, 3.63) is 57.1 Å². The lowest BCUT2D eigenvalue weighted by molar-refractivity contribution is -0.139. The minimum absolute atomic E-state index is 0.00593. The number of benzene rings is 2. The summed E-state index contributed by atoms with van der Waals surface area (Å²) in [6, 6.07) is 7.65. The van der Waals surface area contributed by atoms with E-state index in [4.69, 9.17) is 9.47 Å². The maximum absolute atomic E-state index is 13.3. The topological polar surface area (TPSA) is 99.5 Å². The number of ether oxygens (including phenoxy) is 2. The number of aliphatic hydroxyl groups excluding tert-OH is 1. The minimum Gasteiger partial charge on any atom is -0.507 e. The van der Waals surface area contributed by atoms with Crippen molar-refractivity contribution in [2.45, 2.75) is 31.9 Å². The van der Waals surface area contributed by atoms with Gasteiger partial charge < -0.3 is 29.5 Å². The Morgan fingerprint density at radius 2 is 2.00 bits per heavy atom. The molecule has 0 aliphatic carbocycles. The van der Waals surface area contributed by atoms with E-state index in [2.05, 4.69) is 15.9 Å². The molecule has 1 fully saturated rings. The number of hydrogen-bond donors (Lipinski definition) is 2. The van der Waals surface area contributed by atoms with Gasteiger partial charge in [0.15, 0.2) is 11.5 Å². The SMILES string of the molecule is COc1cc([C@H]2/C(=C(\O)c3ccc4c(c3)C[C@H](C)O4)C(=O)C(=O)N2CCCN(C)C)cc(Br)c1O. The van der Waals surface area contributed by atoms with Crippen molar-refractivity contribution in [3.8, 4) is 17.2 Å². The second kappa shape index (κ2) is 9.91. The van der Waals surface area contributed by atoms with Crippen LogP contribution in [0.3, 0.4) is 0 Å². The Morgan fingerprint density at radius 3 is 2.69 bits per heavy atom. The van der Waals surface area contributed by atoms with Crippen LogP contribution in [-0.4, -0.2) is 72.1 Å². The Hall–Kier alpha value is -3.04. The summed E-state index contributed by atoms with van der Waals surface area (Å²) in [5.74, 6) is -0.802. The molecule has 0 saturated carbocycles. The van der Waals surface area contributed by atoms with Crippen molar-refractivity contribution in [2.24, 2.45) is 0 Å². The molecule has 1 amide bonds. The number of ketones is 1. The fourth-order valence-corrected chi connectivity index (χ4v) is 5.11. The Labute approximate surface area is 212 Å². The number of carbonyl (C=O) groups excluding carboxylic acids is 2. The summed E-state index contributed by atoms with van der Waals surface area (Å²) in [6.45, 7) is 3.01. The number of fused-ring (bicyclic) bond motifs is 1. The number of halogens is 1. The van der Waals surface area contributed by atoms with Crippen molar-refractivity contribution >= 4 is 33.4 Å². The average Bonchev–Trinajstić information content (AvgIpc) is 3.31. The third-order valence-electron chi connectivity index (χ3n) is 6.30. The van der Waals surface area contributed by atoms with Crippen molar-refractivity contribution in [3.63, 3.8) is 0 Å². The van der Waals surface area contributed by atoms with Gasteiger partial charge in [0.25, 0.3) is 11.7 Å². The molecule has 0 radical (unpaired) electrons. The molecule has 1 saturated heterocycles. The number of nitrogens with zero attached hydrogens (tertiary/aromatic N) is 2. The van der Waals surface area contributed by atoms with E-state index in [9.17, 15) is 19.8 Å². The number of aromatic hydroxyl groups is 1. The highest BCUT2D eigenvalue weighted by molar-refractivity contribution is 9.10. The second-order valence-corrected chi connectivity index (χ2v) is 10.0. The average molecular weight is 545 g/mol. The van der Waals surface area contributed by atoms with Gasteiger partial charge >= 0.3 is 0 Å². The van der Waals surface area contributed by atoms with Crippen LogP contribution in [0.5, 0.6) is 17.2 Å². The molecule has 9 heteroatoms. The zero-order chi connectivity index (χ0) is 25.4. The summed E-state index contributed by atoms with van der Waals surface area (Å²) in [5.41, 5.74) is 1.93. The van der Waals surface area contributed by atoms with Gasteiger partial charge in [-0.05, 0) is 91.4 Å². The number of amides is 1. The molecule has 0 bridgehead atoms. The van der Waals surface area contributed by atoms with Gasteiger partial charge in [0, 0.05) is 18.5 Å². The maximum Gasteiger partial charge on any atom is 0.295 e. The zero-order valence-corrected chi connectivity index (χ0v) is 21.8. The van der Waals surface area contributed by atoms with Crippen LogP contribution in [0.2, 0.25) is 0 Å². The Kier molecular flexibility index (Phi) is 7.10. The van der Waals surface area contributed by atoms with Gasteiger partial charge in [0.2, 0.25) is 0 Å². The molecule has 2 aliphatic rings. The van der Waals surface area contributed by atoms with Crippen LogP contribution in [0.15, 0.2) is 40.4 Å². The predicted octanol–water partition coefficient (Wildman–Crippen LogP) is 3.86.